The van der Waals surface area contributed by atoms with E-state index in [4.69, 9.17) is 9.15 Å². The van der Waals surface area contributed by atoms with Crippen molar-refractivity contribution in [3.63, 3.8) is 0 Å². The Balaban J connectivity index is 1.08. The van der Waals surface area contributed by atoms with E-state index < -0.39 is 5.82 Å². The van der Waals surface area contributed by atoms with Crippen molar-refractivity contribution in [3.8, 4) is 17.2 Å². The lowest BCUT2D eigenvalue weighted by molar-refractivity contribution is -0.113. The summed E-state index contributed by atoms with van der Waals surface area (Å²) in [5, 5.41) is 10.9. The van der Waals surface area contributed by atoms with Crippen LogP contribution >= 0.6 is 11.8 Å². The van der Waals surface area contributed by atoms with Crippen LogP contribution in [-0.4, -0.2) is 66.0 Å². The first-order valence-electron chi connectivity index (χ1n) is 12.3. The molecule has 0 unspecified atom stereocenters. The van der Waals surface area contributed by atoms with Crippen LogP contribution in [-0.2, 0) is 4.79 Å². The highest BCUT2D eigenvalue weighted by Crippen LogP contribution is 2.25. The van der Waals surface area contributed by atoms with Crippen molar-refractivity contribution in [1.82, 2.24) is 15.1 Å². The number of rotatable bonds is 8. The Morgan fingerprint density at radius 2 is 1.74 bits per heavy atom. The quantitative estimate of drug-likeness (QED) is 0.320. The zero-order valence-corrected chi connectivity index (χ0v) is 22.0. The van der Waals surface area contributed by atoms with Gasteiger partial charge in [0.25, 0.3) is 11.1 Å². The molecule has 200 valence electrons. The summed E-state index contributed by atoms with van der Waals surface area (Å²) >= 11 is 1.10. The van der Waals surface area contributed by atoms with Crippen LogP contribution in [0.4, 0.5) is 15.8 Å². The number of hydrogen-bond acceptors (Lipinski definition) is 8. The predicted molar refractivity (Wildman–Crippen MR) is 147 cm³/mol. The lowest BCUT2D eigenvalue weighted by Gasteiger charge is -2.36. The first kappa shape index (κ1) is 26.2. The molecule has 11 heteroatoms. The fourth-order valence-corrected chi connectivity index (χ4v) is 4.73. The van der Waals surface area contributed by atoms with E-state index in [0.29, 0.717) is 43.0 Å². The molecule has 0 bridgehead atoms. The van der Waals surface area contributed by atoms with Gasteiger partial charge in [0.1, 0.15) is 11.6 Å². The zero-order chi connectivity index (χ0) is 27.2. The van der Waals surface area contributed by atoms with E-state index in [-0.39, 0.29) is 28.7 Å². The van der Waals surface area contributed by atoms with Crippen molar-refractivity contribution in [2.24, 2.45) is 0 Å². The molecule has 0 aliphatic carbocycles. The maximum absolute atomic E-state index is 13.4. The Morgan fingerprint density at radius 3 is 2.44 bits per heavy atom. The van der Waals surface area contributed by atoms with E-state index in [1.54, 1.807) is 43.5 Å². The van der Waals surface area contributed by atoms with Gasteiger partial charge in [0, 0.05) is 48.7 Å². The smallest absolute Gasteiger partial charge is 0.277 e. The monoisotopic (exact) mass is 547 g/mol. The van der Waals surface area contributed by atoms with Crippen LogP contribution in [0.2, 0.25) is 0 Å². The van der Waals surface area contributed by atoms with Crippen LogP contribution in [0.5, 0.6) is 5.75 Å². The molecule has 5 rings (SSSR count). The van der Waals surface area contributed by atoms with Gasteiger partial charge in [-0.15, -0.1) is 10.2 Å². The van der Waals surface area contributed by atoms with Gasteiger partial charge in [-0.3, -0.25) is 9.59 Å². The topological polar surface area (TPSA) is 101 Å². The Bertz CT molecular complexity index is 1440. The second-order valence-corrected chi connectivity index (χ2v) is 9.70. The third kappa shape index (κ3) is 6.55. The van der Waals surface area contributed by atoms with E-state index in [1.807, 2.05) is 29.2 Å². The standard InChI is InChI=1S/C28H26FN5O4S/c1-37-24-11-5-19(6-12-24)27(36)34-15-13-33(14-16-34)23-9-7-22(8-10-23)30-25(35)18-39-28-32-31-26(38-28)20-3-2-4-21(29)17-20/h2-12,17H,13-16,18H2,1H3,(H,30,35). The summed E-state index contributed by atoms with van der Waals surface area (Å²) < 4.78 is 24.1. The average Bonchev–Trinajstić information content (AvgIpc) is 3.46. The number of anilines is 2. The molecule has 0 saturated carbocycles. The molecular weight excluding hydrogens is 521 g/mol. The number of benzene rings is 3. The second-order valence-electron chi connectivity index (χ2n) is 8.77. The van der Waals surface area contributed by atoms with E-state index in [9.17, 15) is 14.0 Å². The number of hydrogen-bond donors (Lipinski definition) is 1. The first-order chi connectivity index (χ1) is 19.0. The SMILES string of the molecule is COc1ccc(C(=O)N2CCN(c3ccc(NC(=O)CSc4nnc(-c5cccc(F)c5)o4)cc3)CC2)cc1. The summed E-state index contributed by atoms with van der Waals surface area (Å²) in [5.41, 5.74) is 2.82. The van der Waals surface area contributed by atoms with Gasteiger partial charge in [-0.25, -0.2) is 4.39 Å². The van der Waals surface area contributed by atoms with Gasteiger partial charge >= 0.3 is 0 Å². The number of nitrogens with zero attached hydrogens (tertiary/aromatic N) is 4. The van der Waals surface area contributed by atoms with Crippen molar-refractivity contribution in [3.05, 3.63) is 84.2 Å². The first-order valence-corrected chi connectivity index (χ1v) is 13.3. The molecule has 3 aromatic carbocycles. The number of carbonyl (C=O) groups is 2. The normalized spacial score (nSPS) is 13.3. The van der Waals surface area contributed by atoms with Gasteiger partial charge in [-0.1, -0.05) is 17.8 Å². The van der Waals surface area contributed by atoms with Crippen molar-refractivity contribution in [1.29, 1.82) is 0 Å². The number of halogens is 1. The van der Waals surface area contributed by atoms with E-state index in [2.05, 4.69) is 20.4 Å². The van der Waals surface area contributed by atoms with Crippen LogP contribution in [0.1, 0.15) is 10.4 Å². The maximum atomic E-state index is 13.4. The fourth-order valence-electron chi connectivity index (χ4n) is 4.17. The third-order valence-corrected chi connectivity index (χ3v) is 7.04. The minimum atomic E-state index is -0.396. The Morgan fingerprint density at radius 1 is 1.00 bits per heavy atom. The summed E-state index contributed by atoms with van der Waals surface area (Å²) in [6.45, 7) is 2.67. The summed E-state index contributed by atoms with van der Waals surface area (Å²) in [6, 6.07) is 20.6. The highest BCUT2D eigenvalue weighted by Gasteiger charge is 2.22. The highest BCUT2D eigenvalue weighted by atomic mass is 32.2. The molecule has 0 radical (unpaired) electrons. The van der Waals surface area contributed by atoms with Crippen LogP contribution in [0.15, 0.2) is 82.4 Å². The largest absolute Gasteiger partial charge is 0.497 e. The fraction of sp³-hybridized carbons (Fsp3) is 0.214. The second kappa shape index (κ2) is 12.0. The average molecular weight is 548 g/mol. The zero-order valence-electron chi connectivity index (χ0n) is 21.2. The third-order valence-electron chi connectivity index (χ3n) is 6.22. The lowest BCUT2D eigenvalue weighted by atomic mass is 10.1. The summed E-state index contributed by atoms with van der Waals surface area (Å²) in [7, 11) is 1.60. The molecular formula is C28H26FN5O4S. The van der Waals surface area contributed by atoms with Crippen molar-refractivity contribution < 1.29 is 23.1 Å². The molecule has 4 aromatic rings. The number of nitrogens with one attached hydrogen (secondary N) is 1. The lowest BCUT2D eigenvalue weighted by Crippen LogP contribution is -2.48. The van der Waals surface area contributed by atoms with E-state index >= 15 is 0 Å². The number of amides is 2. The molecule has 39 heavy (non-hydrogen) atoms. The van der Waals surface area contributed by atoms with Crippen LogP contribution in [0.25, 0.3) is 11.5 Å². The molecule has 2 amide bonds. The molecule has 2 heterocycles. The summed E-state index contributed by atoms with van der Waals surface area (Å²) in [5.74, 6) is 0.392. The number of aromatic nitrogens is 2. The Kier molecular flexibility index (Phi) is 8.07. The van der Waals surface area contributed by atoms with Crippen LogP contribution in [0, 0.1) is 5.82 Å². The van der Waals surface area contributed by atoms with Crippen LogP contribution < -0.4 is 15.0 Å². The van der Waals surface area contributed by atoms with Gasteiger partial charge in [-0.2, -0.15) is 0 Å². The predicted octanol–water partition coefficient (Wildman–Crippen LogP) is 4.58. The summed E-state index contributed by atoms with van der Waals surface area (Å²) in [6.07, 6.45) is 0. The van der Waals surface area contributed by atoms with E-state index in [0.717, 1.165) is 23.2 Å². The molecule has 0 atom stereocenters. The number of carbonyl (C=O) groups excluding carboxylic acids is 2. The van der Waals surface area contributed by atoms with Crippen LogP contribution in [0.3, 0.4) is 0 Å². The molecule has 1 aromatic heterocycles. The minimum Gasteiger partial charge on any atom is -0.497 e. The molecule has 1 aliphatic heterocycles. The Hall–Kier alpha value is -4.38. The summed E-state index contributed by atoms with van der Waals surface area (Å²) in [4.78, 5) is 29.3. The van der Waals surface area contributed by atoms with Crippen molar-refractivity contribution >= 4 is 35.0 Å². The van der Waals surface area contributed by atoms with Gasteiger partial charge < -0.3 is 24.3 Å². The molecule has 9 nitrogen and oxygen atoms in total. The van der Waals surface area contributed by atoms with Gasteiger partial charge in [0.05, 0.1) is 12.9 Å². The maximum Gasteiger partial charge on any atom is 0.277 e. The molecule has 1 aliphatic rings. The van der Waals surface area contributed by atoms with Gasteiger partial charge in [0.15, 0.2) is 0 Å². The Labute approximate surface area is 229 Å². The highest BCUT2D eigenvalue weighted by molar-refractivity contribution is 7.99. The molecule has 1 fully saturated rings. The minimum absolute atomic E-state index is 0.0129. The number of methoxy groups -OCH3 is 1. The van der Waals surface area contributed by atoms with Crippen molar-refractivity contribution in [2.75, 3.05) is 49.3 Å². The number of piperazine rings is 1. The number of ether oxygens (including phenoxy) is 1. The van der Waals surface area contributed by atoms with Gasteiger partial charge in [-0.05, 0) is 66.7 Å². The molecule has 1 saturated heterocycles. The van der Waals surface area contributed by atoms with Crippen molar-refractivity contribution in [2.45, 2.75) is 5.22 Å². The number of thioether (sulfide) groups is 1. The van der Waals surface area contributed by atoms with Gasteiger partial charge in [0.2, 0.25) is 11.8 Å². The molecule has 0 spiro atoms. The molecule has 1 N–H and O–H groups in total. The van der Waals surface area contributed by atoms with E-state index in [1.165, 1.54) is 12.1 Å².